The Morgan fingerprint density at radius 3 is 2.73 bits per heavy atom. The van der Waals surface area contributed by atoms with Gasteiger partial charge in [-0.15, -0.1) is 0 Å². The summed E-state index contributed by atoms with van der Waals surface area (Å²) in [6.45, 7) is 0. The van der Waals surface area contributed by atoms with Crippen molar-refractivity contribution in [3.63, 3.8) is 0 Å². The lowest BCUT2D eigenvalue weighted by atomic mass is 10.2. The summed E-state index contributed by atoms with van der Waals surface area (Å²) >= 11 is 1.69. The van der Waals surface area contributed by atoms with Crippen LogP contribution in [0.15, 0.2) is 60.7 Å². The second-order valence-corrected chi connectivity index (χ2v) is 5.85. The van der Waals surface area contributed by atoms with Gasteiger partial charge in [-0.3, -0.25) is 4.79 Å². The molecule has 0 radical (unpaired) electrons. The maximum atomic E-state index is 13.0. The Kier molecular flexibility index (Phi) is 6.71. The fourth-order valence-corrected chi connectivity index (χ4v) is 2.58. The SMILES string of the molecule is O=C(CCSC/C=C/c1ccccc1)Nc1cccc(F)c1. The molecule has 0 unspecified atom stereocenters. The average Bonchev–Trinajstić information content (AvgIpc) is 2.52. The monoisotopic (exact) mass is 315 g/mol. The second kappa shape index (κ2) is 9.05. The molecule has 0 fully saturated rings. The van der Waals surface area contributed by atoms with Gasteiger partial charge < -0.3 is 5.32 Å². The number of anilines is 1. The minimum absolute atomic E-state index is 0.0925. The molecule has 0 saturated heterocycles. The third-order valence-electron chi connectivity index (χ3n) is 2.91. The van der Waals surface area contributed by atoms with Gasteiger partial charge in [0.25, 0.3) is 0 Å². The first-order chi connectivity index (χ1) is 10.7. The first-order valence-corrected chi connectivity index (χ1v) is 8.24. The molecule has 1 amide bonds. The highest BCUT2D eigenvalue weighted by Crippen LogP contribution is 2.11. The highest BCUT2D eigenvalue weighted by molar-refractivity contribution is 7.99. The van der Waals surface area contributed by atoms with Gasteiger partial charge in [0.15, 0.2) is 0 Å². The molecule has 2 nitrogen and oxygen atoms in total. The van der Waals surface area contributed by atoms with Crippen LogP contribution < -0.4 is 5.32 Å². The van der Waals surface area contributed by atoms with Crippen LogP contribution in [0.1, 0.15) is 12.0 Å². The first kappa shape index (κ1) is 16.3. The van der Waals surface area contributed by atoms with Crippen molar-refractivity contribution in [3.8, 4) is 0 Å². The van der Waals surface area contributed by atoms with Crippen molar-refractivity contribution in [1.82, 2.24) is 0 Å². The van der Waals surface area contributed by atoms with E-state index < -0.39 is 0 Å². The van der Waals surface area contributed by atoms with Crippen LogP contribution in [0, 0.1) is 5.82 Å². The van der Waals surface area contributed by atoms with Crippen molar-refractivity contribution in [2.45, 2.75) is 6.42 Å². The van der Waals surface area contributed by atoms with Crippen LogP contribution in [0.25, 0.3) is 6.08 Å². The Morgan fingerprint density at radius 1 is 1.14 bits per heavy atom. The summed E-state index contributed by atoms with van der Waals surface area (Å²) in [7, 11) is 0. The molecular weight excluding hydrogens is 297 g/mol. The van der Waals surface area contributed by atoms with E-state index in [-0.39, 0.29) is 11.7 Å². The summed E-state index contributed by atoms with van der Waals surface area (Å²) in [4.78, 5) is 11.7. The van der Waals surface area contributed by atoms with Crippen LogP contribution in [0.4, 0.5) is 10.1 Å². The number of benzene rings is 2. The second-order valence-electron chi connectivity index (χ2n) is 4.70. The molecule has 0 spiro atoms. The van der Waals surface area contributed by atoms with E-state index in [1.54, 1.807) is 23.9 Å². The van der Waals surface area contributed by atoms with Crippen LogP contribution in [-0.2, 0) is 4.79 Å². The molecule has 1 N–H and O–H groups in total. The predicted octanol–water partition coefficient (Wildman–Crippen LogP) is 4.60. The van der Waals surface area contributed by atoms with E-state index in [4.69, 9.17) is 0 Å². The summed E-state index contributed by atoms with van der Waals surface area (Å²) in [5.74, 6) is 1.16. The Balaban J connectivity index is 1.62. The lowest BCUT2D eigenvalue weighted by Crippen LogP contribution is -2.12. The standard InChI is InChI=1S/C18H18FNOS/c19-16-9-4-10-17(14-16)20-18(21)11-13-22-12-5-8-15-6-2-1-3-7-15/h1-10,14H,11-13H2,(H,20,21)/b8-5+. The number of hydrogen-bond donors (Lipinski definition) is 1. The van der Waals surface area contributed by atoms with Gasteiger partial charge in [-0.2, -0.15) is 11.8 Å². The highest BCUT2D eigenvalue weighted by atomic mass is 32.2. The quantitative estimate of drug-likeness (QED) is 0.757. The van der Waals surface area contributed by atoms with E-state index in [2.05, 4.69) is 17.5 Å². The minimum atomic E-state index is -0.349. The lowest BCUT2D eigenvalue weighted by Gasteiger charge is -2.04. The molecule has 0 bridgehead atoms. The van der Waals surface area contributed by atoms with Gasteiger partial charge in [-0.1, -0.05) is 48.6 Å². The molecule has 0 aliphatic carbocycles. The summed E-state index contributed by atoms with van der Waals surface area (Å²) in [5.41, 5.74) is 1.67. The zero-order valence-corrected chi connectivity index (χ0v) is 13.0. The fraction of sp³-hybridized carbons (Fsp3) is 0.167. The van der Waals surface area contributed by atoms with E-state index in [9.17, 15) is 9.18 Å². The largest absolute Gasteiger partial charge is 0.326 e. The number of thioether (sulfide) groups is 1. The molecule has 0 aromatic heterocycles. The molecule has 0 heterocycles. The average molecular weight is 315 g/mol. The van der Waals surface area contributed by atoms with Crippen molar-refractivity contribution in [2.75, 3.05) is 16.8 Å². The maximum absolute atomic E-state index is 13.0. The molecule has 2 aromatic carbocycles. The van der Waals surface area contributed by atoms with Crippen LogP contribution in [0.5, 0.6) is 0 Å². The Labute approximate surface area is 134 Å². The molecule has 114 valence electrons. The zero-order valence-electron chi connectivity index (χ0n) is 12.2. The first-order valence-electron chi connectivity index (χ1n) is 7.09. The predicted molar refractivity (Wildman–Crippen MR) is 92.4 cm³/mol. The lowest BCUT2D eigenvalue weighted by molar-refractivity contribution is -0.115. The normalized spacial score (nSPS) is 10.8. The molecule has 4 heteroatoms. The number of carbonyl (C=O) groups is 1. The Hall–Kier alpha value is -2.07. The number of hydrogen-bond acceptors (Lipinski definition) is 2. The molecular formula is C18H18FNOS. The molecule has 2 aromatic rings. The molecule has 0 saturated carbocycles. The van der Waals surface area contributed by atoms with E-state index >= 15 is 0 Å². The van der Waals surface area contributed by atoms with Gasteiger partial charge in [-0.05, 0) is 23.8 Å². The van der Waals surface area contributed by atoms with Gasteiger partial charge in [0.05, 0.1) is 0 Å². The zero-order chi connectivity index (χ0) is 15.6. The molecule has 0 atom stereocenters. The van der Waals surface area contributed by atoms with Crippen molar-refractivity contribution < 1.29 is 9.18 Å². The van der Waals surface area contributed by atoms with Crippen molar-refractivity contribution in [3.05, 3.63) is 72.1 Å². The third kappa shape index (κ3) is 6.14. The van der Waals surface area contributed by atoms with E-state index in [1.165, 1.54) is 17.7 Å². The van der Waals surface area contributed by atoms with Crippen molar-refractivity contribution >= 4 is 29.4 Å². The summed E-state index contributed by atoms with van der Waals surface area (Å²) in [6.07, 6.45) is 4.57. The number of amides is 1. The van der Waals surface area contributed by atoms with Gasteiger partial charge in [0, 0.05) is 23.6 Å². The number of nitrogens with one attached hydrogen (secondary N) is 1. The van der Waals surface area contributed by atoms with Crippen LogP contribution in [0.2, 0.25) is 0 Å². The number of carbonyl (C=O) groups excluding carboxylic acids is 1. The maximum Gasteiger partial charge on any atom is 0.225 e. The highest BCUT2D eigenvalue weighted by Gasteiger charge is 2.02. The number of rotatable bonds is 7. The van der Waals surface area contributed by atoms with E-state index in [0.29, 0.717) is 12.1 Å². The summed E-state index contributed by atoms with van der Waals surface area (Å²) in [5, 5.41) is 2.69. The molecule has 0 aliphatic heterocycles. The van der Waals surface area contributed by atoms with E-state index in [0.717, 1.165) is 11.5 Å². The van der Waals surface area contributed by atoms with Crippen molar-refractivity contribution in [1.29, 1.82) is 0 Å². The van der Waals surface area contributed by atoms with Crippen LogP contribution >= 0.6 is 11.8 Å². The third-order valence-corrected chi connectivity index (χ3v) is 3.83. The van der Waals surface area contributed by atoms with Gasteiger partial charge in [-0.25, -0.2) is 4.39 Å². The van der Waals surface area contributed by atoms with Crippen LogP contribution in [0.3, 0.4) is 0 Å². The molecule has 2 rings (SSSR count). The minimum Gasteiger partial charge on any atom is -0.326 e. The Morgan fingerprint density at radius 2 is 1.95 bits per heavy atom. The molecule has 0 aliphatic rings. The summed E-state index contributed by atoms with van der Waals surface area (Å²) < 4.78 is 13.0. The van der Waals surface area contributed by atoms with Gasteiger partial charge in [0.2, 0.25) is 5.91 Å². The number of halogens is 1. The Bertz CT molecular complexity index is 628. The fourth-order valence-electron chi connectivity index (χ4n) is 1.85. The van der Waals surface area contributed by atoms with Gasteiger partial charge >= 0.3 is 0 Å². The topological polar surface area (TPSA) is 29.1 Å². The molecule has 22 heavy (non-hydrogen) atoms. The summed E-state index contributed by atoms with van der Waals surface area (Å²) in [6, 6.07) is 16.0. The smallest absolute Gasteiger partial charge is 0.225 e. The van der Waals surface area contributed by atoms with Crippen LogP contribution in [-0.4, -0.2) is 17.4 Å². The van der Waals surface area contributed by atoms with E-state index in [1.807, 2.05) is 30.3 Å². The van der Waals surface area contributed by atoms with Gasteiger partial charge in [0.1, 0.15) is 5.82 Å². The van der Waals surface area contributed by atoms with Crippen molar-refractivity contribution in [2.24, 2.45) is 0 Å².